The fourth-order valence-corrected chi connectivity index (χ4v) is 3.63. The molecule has 0 aliphatic carbocycles. The van der Waals surface area contributed by atoms with Crippen molar-refractivity contribution in [1.29, 1.82) is 0 Å². The smallest absolute Gasteiger partial charge is 0.252 e. The van der Waals surface area contributed by atoms with Crippen LogP contribution in [0, 0.1) is 11.6 Å². The van der Waals surface area contributed by atoms with Gasteiger partial charge in [0, 0.05) is 22.6 Å². The Labute approximate surface area is 136 Å². The molecule has 116 valence electrons. The Hall–Kier alpha value is -0.720. The van der Waals surface area contributed by atoms with Gasteiger partial charge in [0.2, 0.25) is 0 Å². The molecule has 3 nitrogen and oxygen atoms in total. The summed E-state index contributed by atoms with van der Waals surface area (Å²) in [7, 11) is 0. The lowest BCUT2D eigenvalue weighted by atomic mass is 9.99. The Morgan fingerprint density at radius 3 is 2.38 bits per heavy atom. The number of fused-ring (bicyclic) bond motifs is 2. The SMILES string of the molecule is Cl.O=C(NC1CC2CCC(C1)N2)c1cc(F)c(F)cc1Br. The lowest BCUT2D eigenvalue weighted by molar-refractivity contribution is 0.0922. The quantitative estimate of drug-likeness (QED) is 0.773. The Balaban J connectivity index is 0.00000161. The van der Waals surface area contributed by atoms with Crippen LogP contribution in [0.2, 0.25) is 0 Å². The van der Waals surface area contributed by atoms with Crippen molar-refractivity contribution >= 4 is 34.2 Å². The summed E-state index contributed by atoms with van der Waals surface area (Å²) >= 11 is 3.10. The zero-order valence-corrected chi connectivity index (χ0v) is 13.6. The average molecular weight is 382 g/mol. The first-order chi connectivity index (χ1) is 9.52. The lowest BCUT2D eigenvalue weighted by Crippen LogP contribution is -2.48. The number of carbonyl (C=O) groups is 1. The summed E-state index contributed by atoms with van der Waals surface area (Å²) in [6.45, 7) is 0. The highest BCUT2D eigenvalue weighted by atomic mass is 79.9. The van der Waals surface area contributed by atoms with Crippen molar-refractivity contribution in [2.24, 2.45) is 0 Å². The van der Waals surface area contributed by atoms with Gasteiger partial charge in [-0.15, -0.1) is 12.4 Å². The molecule has 2 atom stereocenters. The van der Waals surface area contributed by atoms with Crippen LogP contribution in [0.3, 0.4) is 0 Å². The van der Waals surface area contributed by atoms with Gasteiger partial charge in [0.15, 0.2) is 11.6 Å². The molecule has 2 aliphatic heterocycles. The van der Waals surface area contributed by atoms with Crippen LogP contribution >= 0.6 is 28.3 Å². The van der Waals surface area contributed by atoms with Crippen LogP contribution in [0.1, 0.15) is 36.0 Å². The predicted molar refractivity (Wildman–Crippen MR) is 81.7 cm³/mol. The Morgan fingerprint density at radius 1 is 1.19 bits per heavy atom. The number of halogens is 4. The lowest BCUT2D eigenvalue weighted by Gasteiger charge is -2.29. The van der Waals surface area contributed by atoms with Gasteiger partial charge >= 0.3 is 0 Å². The van der Waals surface area contributed by atoms with Gasteiger partial charge in [0.05, 0.1) is 5.56 Å². The molecule has 2 aliphatic rings. The third-order valence-corrected chi connectivity index (χ3v) is 4.72. The van der Waals surface area contributed by atoms with Crippen LogP contribution in [-0.2, 0) is 0 Å². The van der Waals surface area contributed by atoms with Gasteiger partial charge in [-0.25, -0.2) is 8.78 Å². The number of piperidine rings is 1. The second-order valence-corrected chi connectivity index (χ2v) is 6.38. The number of benzene rings is 1. The highest BCUT2D eigenvalue weighted by Crippen LogP contribution is 2.27. The molecule has 2 saturated heterocycles. The number of carbonyl (C=O) groups excluding carboxylic acids is 1. The van der Waals surface area contributed by atoms with Gasteiger partial charge in [0.1, 0.15) is 0 Å². The molecule has 0 spiro atoms. The van der Waals surface area contributed by atoms with Gasteiger partial charge in [0.25, 0.3) is 5.91 Å². The van der Waals surface area contributed by atoms with Crippen molar-refractivity contribution in [2.75, 3.05) is 0 Å². The van der Waals surface area contributed by atoms with E-state index < -0.39 is 11.6 Å². The zero-order valence-electron chi connectivity index (χ0n) is 11.2. The highest BCUT2D eigenvalue weighted by molar-refractivity contribution is 9.10. The number of hydrogen-bond acceptors (Lipinski definition) is 2. The molecule has 1 aromatic rings. The van der Waals surface area contributed by atoms with E-state index in [1.54, 1.807) is 0 Å². The van der Waals surface area contributed by atoms with Crippen molar-refractivity contribution in [2.45, 2.75) is 43.8 Å². The van der Waals surface area contributed by atoms with E-state index in [1.165, 1.54) is 0 Å². The Bertz CT molecular complexity index is 546. The number of amides is 1. The molecule has 1 aromatic carbocycles. The first-order valence-electron chi connectivity index (χ1n) is 6.74. The summed E-state index contributed by atoms with van der Waals surface area (Å²) in [5.41, 5.74) is 0.134. The molecule has 2 fully saturated rings. The zero-order chi connectivity index (χ0) is 14.3. The van der Waals surface area contributed by atoms with E-state index in [0.29, 0.717) is 12.1 Å². The normalized spacial score (nSPS) is 27.1. The molecule has 21 heavy (non-hydrogen) atoms. The van der Waals surface area contributed by atoms with Crippen LogP contribution in [0.15, 0.2) is 16.6 Å². The Kier molecular flexibility index (Phi) is 5.22. The van der Waals surface area contributed by atoms with E-state index in [-0.39, 0.29) is 34.4 Å². The summed E-state index contributed by atoms with van der Waals surface area (Å²) in [5.74, 6) is -2.33. The van der Waals surface area contributed by atoms with Crippen LogP contribution in [0.25, 0.3) is 0 Å². The van der Waals surface area contributed by atoms with E-state index in [4.69, 9.17) is 0 Å². The Morgan fingerprint density at radius 2 is 1.76 bits per heavy atom. The van der Waals surface area contributed by atoms with E-state index in [2.05, 4.69) is 26.6 Å². The summed E-state index contributed by atoms with van der Waals surface area (Å²) < 4.78 is 26.6. The molecule has 1 amide bonds. The van der Waals surface area contributed by atoms with Gasteiger partial charge in [-0.3, -0.25) is 4.79 Å². The molecule has 0 saturated carbocycles. The minimum Gasteiger partial charge on any atom is -0.349 e. The maximum absolute atomic E-state index is 13.2. The monoisotopic (exact) mass is 380 g/mol. The van der Waals surface area contributed by atoms with Crippen molar-refractivity contribution in [3.63, 3.8) is 0 Å². The van der Waals surface area contributed by atoms with E-state index in [9.17, 15) is 13.6 Å². The number of nitrogens with one attached hydrogen (secondary N) is 2. The number of rotatable bonds is 2. The minimum absolute atomic E-state index is 0. The fourth-order valence-electron chi connectivity index (χ4n) is 3.13. The fraction of sp³-hybridized carbons (Fsp3) is 0.500. The molecule has 2 N–H and O–H groups in total. The second-order valence-electron chi connectivity index (χ2n) is 5.53. The molecule has 3 rings (SSSR count). The van der Waals surface area contributed by atoms with E-state index in [1.807, 2.05) is 0 Å². The third kappa shape index (κ3) is 3.55. The van der Waals surface area contributed by atoms with Crippen LogP contribution in [0.4, 0.5) is 8.78 Å². The van der Waals surface area contributed by atoms with Gasteiger partial charge in [-0.05, 0) is 53.7 Å². The minimum atomic E-state index is -1.01. The predicted octanol–water partition coefficient (Wildman–Crippen LogP) is 3.16. The molecular weight excluding hydrogens is 366 g/mol. The van der Waals surface area contributed by atoms with Gasteiger partial charge in [-0.1, -0.05) is 0 Å². The van der Waals surface area contributed by atoms with Crippen molar-refractivity contribution in [1.82, 2.24) is 10.6 Å². The highest BCUT2D eigenvalue weighted by Gasteiger charge is 2.34. The first kappa shape index (κ1) is 16.6. The van der Waals surface area contributed by atoms with E-state index >= 15 is 0 Å². The first-order valence-corrected chi connectivity index (χ1v) is 7.53. The number of hydrogen-bond donors (Lipinski definition) is 2. The maximum atomic E-state index is 13.2. The summed E-state index contributed by atoms with van der Waals surface area (Å²) in [6.07, 6.45) is 4.07. The summed E-state index contributed by atoms with van der Waals surface area (Å²) in [4.78, 5) is 12.2. The largest absolute Gasteiger partial charge is 0.349 e. The van der Waals surface area contributed by atoms with Gasteiger partial charge in [-0.2, -0.15) is 0 Å². The van der Waals surface area contributed by atoms with Crippen molar-refractivity contribution < 1.29 is 13.6 Å². The molecule has 0 radical (unpaired) electrons. The topological polar surface area (TPSA) is 41.1 Å². The van der Waals surface area contributed by atoms with Crippen LogP contribution < -0.4 is 10.6 Å². The standard InChI is InChI=1S/C14H15BrF2N2O.ClH/c15-11-6-13(17)12(16)5-10(11)14(20)19-9-3-7-1-2-8(4-9)18-7;/h5-9,18H,1-4H2,(H,19,20);1H. The van der Waals surface area contributed by atoms with Crippen molar-refractivity contribution in [3.05, 3.63) is 33.8 Å². The molecule has 2 bridgehead atoms. The van der Waals surface area contributed by atoms with Crippen molar-refractivity contribution in [3.8, 4) is 0 Å². The van der Waals surface area contributed by atoms with E-state index in [0.717, 1.165) is 37.8 Å². The van der Waals surface area contributed by atoms with Crippen LogP contribution in [0.5, 0.6) is 0 Å². The van der Waals surface area contributed by atoms with Gasteiger partial charge < -0.3 is 10.6 Å². The molecule has 2 unspecified atom stereocenters. The molecule has 2 heterocycles. The third-order valence-electron chi connectivity index (χ3n) is 4.06. The molecular formula is C14H16BrClF2N2O. The van der Waals surface area contributed by atoms with Crippen LogP contribution in [-0.4, -0.2) is 24.0 Å². The summed E-state index contributed by atoms with van der Waals surface area (Å²) in [5, 5.41) is 6.42. The maximum Gasteiger partial charge on any atom is 0.252 e. The summed E-state index contributed by atoms with van der Waals surface area (Å²) in [6, 6.07) is 2.95. The average Bonchev–Trinajstić information content (AvgIpc) is 2.73. The molecule has 7 heteroatoms. The molecule has 0 aromatic heterocycles. The second kappa shape index (κ2) is 6.58.